The Labute approximate surface area is 118 Å². The van der Waals surface area contributed by atoms with Gasteiger partial charge in [-0.2, -0.15) is 5.26 Å². The number of hydrogen-bond acceptors (Lipinski definition) is 6. The summed E-state index contributed by atoms with van der Waals surface area (Å²) in [4.78, 5) is 26.2. The van der Waals surface area contributed by atoms with Crippen molar-refractivity contribution in [2.24, 2.45) is 0 Å². The molecule has 0 spiro atoms. The third-order valence-corrected chi connectivity index (χ3v) is 2.51. The van der Waals surface area contributed by atoms with Crippen LogP contribution >= 0.6 is 0 Å². The van der Waals surface area contributed by atoms with E-state index in [0.717, 1.165) is 0 Å². The monoisotopic (exact) mass is 286 g/mol. The smallest absolute Gasteiger partial charge is 0.358 e. The standard InChI is InChI=1S/C12H10N6O3/c13-5-8-1-2-9(15-6-8)11(19)14-3-4-18-7-10(12(20)21)16-17-18/h1-2,6-7H,3-4H2,(H,14,19)(H,20,21). The van der Waals surface area contributed by atoms with Crippen molar-refractivity contribution in [1.82, 2.24) is 25.3 Å². The number of carbonyl (C=O) groups excluding carboxylic acids is 1. The first-order chi connectivity index (χ1) is 10.1. The number of pyridine rings is 1. The van der Waals surface area contributed by atoms with Crippen molar-refractivity contribution in [2.75, 3.05) is 6.54 Å². The maximum atomic E-state index is 11.8. The first-order valence-electron chi connectivity index (χ1n) is 5.88. The number of aromatic carboxylic acids is 1. The predicted molar refractivity (Wildman–Crippen MR) is 68.3 cm³/mol. The van der Waals surface area contributed by atoms with Crippen LogP contribution in [0.3, 0.4) is 0 Å². The van der Waals surface area contributed by atoms with Crippen LogP contribution < -0.4 is 5.32 Å². The van der Waals surface area contributed by atoms with Gasteiger partial charge in [-0.3, -0.25) is 4.79 Å². The van der Waals surface area contributed by atoms with Gasteiger partial charge >= 0.3 is 5.97 Å². The number of nitrogens with one attached hydrogen (secondary N) is 1. The van der Waals surface area contributed by atoms with Crippen molar-refractivity contribution in [3.63, 3.8) is 0 Å². The summed E-state index contributed by atoms with van der Waals surface area (Å²) in [6, 6.07) is 4.86. The Kier molecular flexibility index (Phi) is 4.20. The minimum Gasteiger partial charge on any atom is -0.476 e. The maximum Gasteiger partial charge on any atom is 0.358 e. The lowest BCUT2D eigenvalue weighted by Crippen LogP contribution is -2.28. The van der Waals surface area contributed by atoms with Crippen molar-refractivity contribution in [1.29, 1.82) is 5.26 Å². The van der Waals surface area contributed by atoms with E-state index in [1.807, 2.05) is 6.07 Å². The predicted octanol–water partition coefficient (Wildman–Crippen LogP) is -0.327. The number of amides is 1. The molecule has 0 bridgehead atoms. The molecule has 2 heterocycles. The highest BCUT2D eigenvalue weighted by Gasteiger charge is 2.09. The molecule has 2 aromatic rings. The highest BCUT2D eigenvalue weighted by molar-refractivity contribution is 5.92. The first-order valence-corrected chi connectivity index (χ1v) is 5.88. The van der Waals surface area contributed by atoms with Crippen LogP contribution in [-0.4, -0.2) is 43.5 Å². The summed E-state index contributed by atoms with van der Waals surface area (Å²) in [5, 5.41) is 27.0. The topological polar surface area (TPSA) is 134 Å². The van der Waals surface area contributed by atoms with Gasteiger partial charge < -0.3 is 10.4 Å². The zero-order chi connectivity index (χ0) is 15.2. The number of carbonyl (C=O) groups is 2. The van der Waals surface area contributed by atoms with Gasteiger partial charge in [0.2, 0.25) is 0 Å². The van der Waals surface area contributed by atoms with E-state index in [0.29, 0.717) is 5.56 Å². The Bertz CT molecular complexity index is 701. The summed E-state index contributed by atoms with van der Waals surface area (Å²) in [6.45, 7) is 0.519. The molecule has 106 valence electrons. The quantitative estimate of drug-likeness (QED) is 0.768. The molecule has 0 atom stereocenters. The van der Waals surface area contributed by atoms with Crippen LogP contribution in [0.1, 0.15) is 26.5 Å². The van der Waals surface area contributed by atoms with Gasteiger partial charge in [0.05, 0.1) is 18.3 Å². The van der Waals surface area contributed by atoms with E-state index < -0.39 is 11.9 Å². The lowest BCUT2D eigenvalue weighted by atomic mass is 10.2. The number of nitriles is 1. The fourth-order valence-electron chi connectivity index (χ4n) is 1.47. The van der Waals surface area contributed by atoms with Gasteiger partial charge in [0.1, 0.15) is 11.8 Å². The van der Waals surface area contributed by atoms with E-state index in [9.17, 15) is 9.59 Å². The van der Waals surface area contributed by atoms with E-state index in [1.165, 1.54) is 29.2 Å². The SMILES string of the molecule is N#Cc1ccc(C(=O)NCCn2cc(C(=O)O)nn2)nc1. The van der Waals surface area contributed by atoms with Crippen molar-refractivity contribution in [2.45, 2.75) is 6.54 Å². The van der Waals surface area contributed by atoms with Gasteiger partial charge in [-0.25, -0.2) is 14.5 Å². The minimum atomic E-state index is -1.16. The molecule has 21 heavy (non-hydrogen) atoms. The summed E-state index contributed by atoms with van der Waals surface area (Å²) in [5.41, 5.74) is 0.407. The van der Waals surface area contributed by atoms with Crippen molar-refractivity contribution < 1.29 is 14.7 Å². The first kappa shape index (κ1) is 14.1. The van der Waals surface area contributed by atoms with Gasteiger partial charge in [-0.15, -0.1) is 5.10 Å². The van der Waals surface area contributed by atoms with Gasteiger partial charge in [0.25, 0.3) is 5.91 Å². The Morgan fingerprint density at radius 2 is 2.19 bits per heavy atom. The van der Waals surface area contributed by atoms with Crippen LogP contribution in [0.15, 0.2) is 24.5 Å². The molecule has 2 aromatic heterocycles. The van der Waals surface area contributed by atoms with E-state index in [2.05, 4.69) is 20.6 Å². The van der Waals surface area contributed by atoms with E-state index >= 15 is 0 Å². The van der Waals surface area contributed by atoms with Crippen LogP contribution in [0.4, 0.5) is 0 Å². The molecule has 0 fully saturated rings. The molecule has 0 unspecified atom stereocenters. The largest absolute Gasteiger partial charge is 0.476 e. The molecular weight excluding hydrogens is 276 g/mol. The maximum absolute atomic E-state index is 11.8. The summed E-state index contributed by atoms with van der Waals surface area (Å²) >= 11 is 0. The van der Waals surface area contributed by atoms with Gasteiger partial charge in [-0.05, 0) is 12.1 Å². The zero-order valence-corrected chi connectivity index (χ0v) is 10.7. The molecule has 0 aromatic carbocycles. The molecule has 9 nitrogen and oxygen atoms in total. The lowest BCUT2D eigenvalue weighted by Gasteiger charge is -2.04. The third kappa shape index (κ3) is 3.60. The van der Waals surface area contributed by atoms with E-state index in [-0.39, 0.29) is 24.5 Å². The van der Waals surface area contributed by atoms with Crippen molar-refractivity contribution in [3.8, 4) is 6.07 Å². The second-order valence-corrected chi connectivity index (χ2v) is 3.97. The lowest BCUT2D eigenvalue weighted by molar-refractivity contribution is 0.0690. The Morgan fingerprint density at radius 3 is 2.76 bits per heavy atom. The molecule has 0 saturated heterocycles. The molecule has 0 saturated carbocycles. The second-order valence-electron chi connectivity index (χ2n) is 3.97. The van der Waals surface area contributed by atoms with Crippen LogP contribution in [0.25, 0.3) is 0 Å². The van der Waals surface area contributed by atoms with Gasteiger partial charge in [0.15, 0.2) is 5.69 Å². The molecule has 2 rings (SSSR count). The van der Waals surface area contributed by atoms with Gasteiger partial charge in [-0.1, -0.05) is 5.21 Å². The van der Waals surface area contributed by atoms with Crippen LogP contribution in [-0.2, 0) is 6.54 Å². The number of carboxylic acids is 1. The third-order valence-electron chi connectivity index (χ3n) is 2.51. The fourth-order valence-corrected chi connectivity index (χ4v) is 1.47. The molecule has 0 aliphatic carbocycles. The molecular formula is C12H10N6O3. The Morgan fingerprint density at radius 1 is 1.38 bits per heavy atom. The molecule has 0 aliphatic rings. The van der Waals surface area contributed by atoms with Crippen molar-refractivity contribution in [3.05, 3.63) is 41.5 Å². The average Bonchev–Trinajstić information content (AvgIpc) is 2.96. The number of carboxylic acid groups (broad SMARTS) is 1. The molecule has 0 radical (unpaired) electrons. The number of aromatic nitrogens is 4. The summed E-state index contributed by atoms with van der Waals surface area (Å²) < 4.78 is 1.32. The average molecular weight is 286 g/mol. The highest BCUT2D eigenvalue weighted by Crippen LogP contribution is 1.98. The molecule has 0 aliphatic heterocycles. The van der Waals surface area contributed by atoms with Gasteiger partial charge in [0, 0.05) is 12.7 Å². The minimum absolute atomic E-state index is 0.157. The number of nitrogens with zero attached hydrogens (tertiary/aromatic N) is 5. The van der Waals surface area contributed by atoms with Crippen molar-refractivity contribution >= 4 is 11.9 Å². The Hall–Kier alpha value is -3.28. The van der Waals surface area contributed by atoms with Crippen LogP contribution in [0.5, 0.6) is 0 Å². The number of rotatable bonds is 5. The van der Waals surface area contributed by atoms with E-state index in [1.54, 1.807) is 0 Å². The van der Waals surface area contributed by atoms with Crippen LogP contribution in [0, 0.1) is 11.3 Å². The Balaban J connectivity index is 1.86. The van der Waals surface area contributed by atoms with Crippen LogP contribution in [0.2, 0.25) is 0 Å². The molecule has 2 N–H and O–H groups in total. The normalized spacial score (nSPS) is 9.86. The fraction of sp³-hybridized carbons (Fsp3) is 0.167. The molecule has 9 heteroatoms. The van der Waals surface area contributed by atoms with E-state index in [4.69, 9.17) is 10.4 Å². The second kappa shape index (κ2) is 6.25. The number of hydrogen-bond donors (Lipinski definition) is 2. The zero-order valence-electron chi connectivity index (χ0n) is 10.7. The highest BCUT2D eigenvalue weighted by atomic mass is 16.4. The molecule has 1 amide bonds. The summed E-state index contributed by atoms with van der Waals surface area (Å²) in [7, 11) is 0. The summed E-state index contributed by atoms with van der Waals surface area (Å²) in [5.74, 6) is -1.55. The summed E-state index contributed by atoms with van der Waals surface area (Å²) in [6.07, 6.45) is 2.58.